The molecule has 126 valence electrons. The van der Waals surface area contributed by atoms with Gasteiger partial charge in [-0.2, -0.15) is 9.97 Å². The molecule has 2 aromatic rings. The molecule has 4 atom stereocenters. The third kappa shape index (κ3) is 2.69. The second-order valence-electron chi connectivity index (χ2n) is 5.24. The molecular weight excluding hydrogens is 309 g/mol. The SMILES string of the molecule is CCCOc1nc(N)nc2c1ncn2[C@@H]1O[C@H](CO)[C@@H](O)[C@@H]1F. The Labute approximate surface area is 130 Å². The number of nitrogens with two attached hydrogens (primary N) is 1. The van der Waals surface area contributed by atoms with Crippen molar-refractivity contribution in [1.29, 1.82) is 0 Å². The number of nitrogen functional groups attached to an aromatic ring is 1. The number of aliphatic hydroxyl groups is 2. The van der Waals surface area contributed by atoms with E-state index >= 15 is 0 Å². The lowest BCUT2D eigenvalue weighted by atomic mass is 10.1. The summed E-state index contributed by atoms with van der Waals surface area (Å²) in [5, 5.41) is 18.9. The molecule has 1 aliphatic rings. The second kappa shape index (κ2) is 6.22. The van der Waals surface area contributed by atoms with E-state index in [-0.39, 0.29) is 17.5 Å². The molecule has 3 heterocycles. The van der Waals surface area contributed by atoms with Crippen molar-refractivity contribution < 1.29 is 24.1 Å². The highest BCUT2D eigenvalue weighted by Crippen LogP contribution is 2.34. The van der Waals surface area contributed by atoms with Gasteiger partial charge in [-0.1, -0.05) is 6.92 Å². The van der Waals surface area contributed by atoms with E-state index in [1.807, 2.05) is 6.92 Å². The highest BCUT2D eigenvalue weighted by atomic mass is 19.1. The van der Waals surface area contributed by atoms with Crippen molar-refractivity contribution in [2.45, 2.75) is 38.0 Å². The van der Waals surface area contributed by atoms with E-state index in [1.54, 1.807) is 0 Å². The van der Waals surface area contributed by atoms with Gasteiger partial charge in [-0.3, -0.25) is 4.57 Å². The van der Waals surface area contributed by atoms with E-state index in [2.05, 4.69) is 15.0 Å². The molecule has 2 aromatic heterocycles. The number of alkyl halides is 1. The highest BCUT2D eigenvalue weighted by Gasteiger charge is 2.45. The summed E-state index contributed by atoms with van der Waals surface area (Å²) >= 11 is 0. The molecule has 0 bridgehead atoms. The van der Waals surface area contributed by atoms with E-state index in [4.69, 9.17) is 20.3 Å². The summed E-state index contributed by atoms with van der Waals surface area (Å²) in [6, 6.07) is 0. The smallest absolute Gasteiger partial charge is 0.247 e. The Bertz CT molecular complexity index is 696. The predicted octanol–water partition coefficient (Wildman–Crippen LogP) is -0.214. The Hall–Kier alpha value is -2.04. The van der Waals surface area contributed by atoms with Gasteiger partial charge in [0.1, 0.15) is 12.2 Å². The van der Waals surface area contributed by atoms with Crippen LogP contribution in [0, 0.1) is 0 Å². The fraction of sp³-hybridized carbons (Fsp3) is 0.615. The molecule has 1 saturated heterocycles. The molecule has 1 aliphatic heterocycles. The minimum atomic E-state index is -1.74. The molecule has 0 aliphatic carbocycles. The minimum Gasteiger partial charge on any atom is -0.476 e. The van der Waals surface area contributed by atoms with Crippen molar-refractivity contribution in [3.63, 3.8) is 0 Å². The van der Waals surface area contributed by atoms with E-state index in [0.717, 1.165) is 6.42 Å². The molecule has 9 nitrogen and oxygen atoms in total. The maximum Gasteiger partial charge on any atom is 0.247 e. The molecule has 0 unspecified atom stereocenters. The molecule has 0 amide bonds. The lowest BCUT2D eigenvalue weighted by Crippen LogP contribution is -2.30. The Kier molecular flexibility index (Phi) is 4.28. The lowest BCUT2D eigenvalue weighted by molar-refractivity contribution is -0.0459. The summed E-state index contributed by atoms with van der Waals surface area (Å²) in [7, 11) is 0. The van der Waals surface area contributed by atoms with E-state index in [0.29, 0.717) is 12.1 Å². The minimum absolute atomic E-state index is 0.0435. The number of nitrogens with zero attached hydrogens (tertiary/aromatic N) is 4. The largest absolute Gasteiger partial charge is 0.476 e. The Morgan fingerprint density at radius 1 is 1.48 bits per heavy atom. The quantitative estimate of drug-likeness (QED) is 0.688. The van der Waals surface area contributed by atoms with E-state index < -0.39 is 31.2 Å². The Morgan fingerprint density at radius 3 is 2.91 bits per heavy atom. The van der Waals surface area contributed by atoms with Crippen molar-refractivity contribution in [2.24, 2.45) is 0 Å². The maximum atomic E-state index is 14.3. The zero-order chi connectivity index (χ0) is 16.6. The Balaban J connectivity index is 2.01. The van der Waals surface area contributed by atoms with Crippen LogP contribution in [0.3, 0.4) is 0 Å². The number of imidazole rings is 1. The van der Waals surface area contributed by atoms with Crippen LogP contribution in [0.4, 0.5) is 10.3 Å². The summed E-state index contributed by atoms with van der Waals surface area (Å²) in [6.07, 6.45) is -3.25. The van der Waals surface area contributed by atoms with Gasteiger partial charge in [0.25, 0.3) is 0 Å². The third-order valence-corrected chi connectivity index (χ3v) is 3.60. The fourth-order valence-corrected chi connectivity index (χ4v) is 2.47. The molecule has 0 saturated carbocycles. The van der Waals surface area contributed by atoms with Crippen LogP contribution in [-0.4, -0.2) is 61.3 Å². The van der Waals surface area contributed by atoms with Gasteiger partial charge >= 0.3 is 0 Å². The standard InChI is InChI=1S/C13H18FN5O4/c1-2-3-22-11-8-10(17-13(15)18-11)19(5-16-8)12-7(14)9(21)6(4-20)23-12/h5-7,9,12,20-21H,2-4H2,1H3,(H2,15,17,18)/t6-,7+,9-,12-/m1/s1. The van der Waals surface area contributed by atoms with Gasteiger partial charge in [0, 0.05) is 0 Å². The van der Waals surface area contributed by atoms with E-state index in [9.17, 15) is 9.50 Å². The fourth-order valence-electron chi connectivity index (χ4n) is 2.47. The number of halogens is 1. The normalized spacial score (nSPS) is 27.7. The van der Waals surface area contributed by atoms with Gasteiger partial charge in [0.05, 0.1) is 19.5 Å². The average Bonchev–Trinajstić information content (AvgIpc) is 3.07. The number of aromatic nitrogens is 4. The molecule has 4 N–H and O–H groups in total. The van der Waals surface area contributed by atoms with Crippen LogP contribution in [-0.2, 0) is 4.74 Å². The van der Waals surface area contributed by atoms with Crippen LogP contribution in [0.25, 0.3) is 11.2 Å². The van der Waals surface area contributed by atoms with Gasteiger partial charge in [-0.05, 0) is 6.42 Å². The summed E-state index contributed by atoms with van der Waals surface area (Å²) in [5.41, 5.74) is 6.23. The molecule has 0 spiro atoms. The summed E-state index contributed by atoms with van der Waals surface area (Å²) in [4.78, 5) is 12.2. The van der Waals surface area contributed by atoms with Crippen molar-refractivity contribution >= 4 is 17.1 Å². The van der Waals surface area contributed by atoms with Crippen LogP contribution >= 0.6 is 0 Å². The molecule has 10 heteroatoms. The van der Waals surface area contributed by atoms with Gasteiger partial charge < -0.3 is 25.4 Å². The first-order valence-electron chi connectivity index (χ1n) is 7.28. The highest BCUT2D eigenvalue weighted by molar-refractivity contribution is 5.77. The monoisotopic (exact) mass is 327 g/mol. The number of hydrogen-bond donors (Lipinski definition) is 3. The molecule has 3 rings (SSSR count). The zero-order valence-electron chi connectivity index (χ0n) is 12.5. The molecule has 1 fully saturated rings. The van der Waals surface area contributed by atoms with Crippen LogP contribution in [0.2, 0.25) is 0 Å². The van der Waals surface area contributed by atoms with Crippen molar-refractivity contribution in [2.75, 3.05) is 18.9 Å². The number of anilines is 1. The Morgan fingerprint density at radius 2 is 2.26 bits per heavy atom. The summed E-state index contributed by atoms with van der Waals surface area (Å²) < 4.78 is 26.4. The first-order chi connectivity index (χ1) is 11.1. The zero-order valence-corrected chi connectivity index (χ0v) is 12.5. The number of hydrogen-bond acceptors (Lipinski definition) is 8. The second-order valence-corrected chi connectivity index (χ2v) is 5.24. The summed E-state index contributed by atoms with van der Waals surface area (Å²) in [6.45, 7) is 1.87. The molecule has 0 radical (unpaired) electrons. The number of aliphatic hydroxyl groups excluding tert-OH is 2. The van der Waals surface area contributed by atoms with Crippen molar-refractivity contribution in [3.8, 4) is 5.88 Å². The average molecular weight is 327 g/mol. The van der Waals surface area contributed by atoms with Gasteiger partial charge in [-0.25, -0.2) is 9.37 Å². The van der Waals surface area contributed by atoms with Gasteiger partial charge in [0.2, 0.25) is 11.8 Å². The topological polar surface area (TPSA) is 129 Å². The maximum absolute atomic E-state index is 14.3. The molecule has 0 aromatic carbocycles. The predicted molar refractivity (Wildman–Crippen MR) is 77.4 cm³/mol. The molecular formula is C13H18FN5O4. The number of fused-ring (bicyclic) bond motifs is 1. The number of rotatable bonds is 5. The third-order valence-electron chi connectivity index (χ3n) is 3.60. The van der Waals surface area contributed by atoms with Crippen molar-refractivity contribution in [3.05, 3.63) is 6.33 Å². The van der Waals surface area contributed by atoms with Gasteiger partial charge in [0.15, 0.2) is 23.6 Å². The van der Waals surface area contributed by atoms with Gasteiger partial charge in [-0.15, -0.1) is 0 Å². The number of ether oxygens (including phenoxy) is 2. The first-order valence-corrected chi connectivity index (χ1v) is 7.28. The van der Waals surface area contributed by atoms with Crippen LogP contribution < -0.4 is 10.5 Å². The van der Waals surface area contributed by atoms with E-state index in [1.165, 1.54) is 10.9 Å². The first kappa shape index (κ1) is 15.8. The van der Waals surface area contributed by atoms with Crippen molar-refractivity contribution in [1.82, 2.24) is 19.5 Å². The lowest BCUT2D eigenvalue weighted by Gasteiger charge is -2.15. The van der Waals surface area contributed by atoms with Crippen LogP contribution in [0.15, 0.2) is 6.33 Å². The molecule has 23 heavy (non-hydrogen) atoms. The summed E-state index contributed by atoms with van der Waals surface area (Å²) in [5.74, 6) is 0.166. The van der Waals surface area contributed by atoms with Crippen LogP contribution in [0.1, 0.15) is 19.6 Å². The van der Waals surface area contributed by atoms with Crippen LogP contribution in [0.5, 0.6) is 5.88 Å².